The second-order valence-corrected chi connectivity index (χ2v) is 5.22. The fourth-order valence-corrected chi connectivity index (χ4v) is 2.97. The third-order valence-electron chi connectivity index (χ3n) is 3.96. The average Bonchev–Trinajstić information content (AvgIpc) is 2.77. The molecule has 0 spiro atoms. The Kier molecular flexibility index (Phi) is 3.03. The Bertz CT molecular complexity index is 591. The lowest BCUT2D eigenvalue weighted by Gasteiger charge is -2.24. The summed E-state index contributed by atoms with van der Waals surface area (Å²) in [6, 6.07) is 16.1. The van der Waals surface area contributed by atoms with Gasteiger partial charge < -0.3 is 9.84 Å². The van der Waals surface area contributed by atoms with Gasteiger partial charge in [-0.1, -0.05) is 36.4 Å². The van der Waals surface area contributed by atoms with Gasteiger partial charge in [-0.25, -0.2) is 0 Å². The van der Waals surface area contributed by atoms with Gasteiger partial charge in [0.2, 0.25) is 0 Å². The van der Waals surface area contributed by atoms with Crippen molar-refractivity contribution in [2.45, 2.75) is 24.9 Å². The van der Waals surface area contributed by atoms with E-state index in [2.05, 4.69) is 6.07 Å². The zero-order valence-electron chi connectivity index (χ0n) is 11.1. The number of aryl methyl sites for hydroxylation is 1. The molecule has 1 atom stereocenters. The fourth-order valence-electron chi connectivity index (χ4n) is 2.97. The summed E-state index contributed by atoms with van der Waals surface area (Å²) in [5, 5.41) is 10.9. The number of hydrogen-bond donors (Lipinski definition) is 1. The van der Waals surface area contributed by atoms with E-state index in [1.807, 2.05) is 42.5 Å². The third-order valence-corrected chi connectivity index (χ3v) is 3.96. The van der Waals surface area contributed by atoms with Gasteiger partial charge in [0, 0.05) is 6.42 Å². The van der Waals surface area contributed by atoms with Crippen molar-refractivity contribution in [3.8, 4) is 5.75 Å². The van der Waals surface area contributed by atoms with Crippen LogP contribution in [-0.2, 0) is 18.4 Å². The zero-order valence-corrected chi connectivity index (χ0v) is 11.1. The minimum Gasteiger partial charge on any atom is -0.497 e. The topological polar surface area (TPSA) is 29.5 Å². The Hall–Kier alpha value is -1.80. The van der Waals surface area contributed by atoms with Crippen molar-refractivity contribution in [1.82, 2.24) is 0 Å². The van der Waals surface area contributed by atoms with E-state index >= 15 is 0 Å². The third kappa shape index (κ3) is 2.24. The van der Waals surface area contributed by atoms with E-state index in [-0.39, 0.29) is 0 Å². The molecule has 0 aliphatic heterocycles. The van der Waals surface area contributed by atoms with Crippen molar-refractivity contribution in [2.24, 2.45) is 0 Å². The van der Waals surface area contributed by atoms with E-state index < -0.39 is 5.60 Å². The average molecular weight is 254 g/mol. The van der Waals surface area contributed by atoms with Gasteiger partial charge in [0.1, 0.15) is 5.75 Å². The molecular weight excluding hydrogens is 236 g/mol. The van der Waals surface area contributed by atoms with Crippen LogP contribution < -0.4 is 4.74 Å². The maximum absolute atomic E-state index is 10.9. The normalized spacial score (nSPS) is 21.2. The smallest absolute Gasteiger partial charge is 0.119 e. The van der Waals surface area contributed by atoms with E-state index in [0.29, 0.717) is 6.42 Å². The summed E-state index contributed by atoms with van der Waals surface area (Å²) in [6.07, 6.45) is 2.39. The van der Waals surface area contributed by atoms with E-state index in [9.17, 15) is 5.11 Å². The molecule has 2 heteroatoms. The Morgan fingerprint density at radius 2 is 2.00 bits per heavy atom. The molecule has 0 saturated carbocycles. The van der Waals surface area contributed by atoms with Crippen molar-refractivity contribution < 1.29 is 9.84 Å². The number of hydrogen-bond acceptors (Lipinski definition) is 2. The van der Waals surface area contributed by atoms with Gasteiger partial charge in [0.25, 0.3) is 0 Å². The molecular formula is C17H18O2. The lowest BCUT2D eigenvalue weighted by Crippen LogP contribution is -2.25. The highest BCUT2D eigenvalue weighted by molar-refractivity contribution is 5.39. The SMILES string of the molecule is COc1cccc(CC2(O)CCc3ccccc32)c1. The summed E-state index contributed by atoms with van der Waals surface area (Å²) in [7, 11) is 1.67. The fraction of sp³-hybridized carbons (Fsp3) is 0.294. The summed E-state index contributed by atoms with van der Waals surface area (Å²) in [6.45, 7) is 0. The van der Waals surface area contributed by atoms with Gasteiger partial charge >= 0.3 is 0 Å². The molecule has 98 valence electrons. The number of aliphatic hydroxyl groups is 1. The minimum atomic E-state index is -0.733. The maximum Gasteiger partial charge on any atom is 0.119 e. The van der Waals surface area contributed by atoms with Crippen LogP contribution in [0.15, 0.2) is 48.5 Å². The molecule has 1 aliphatic carbocycles. The number of methoxy groups -OCH3 is 1. The van der Waals surface area contributed by atoms with Crippen molar-refractivity contribution in [2.75, 3.05) is 7.11 Å². The van der Waals surface area contributed by atoms with Crippen LogP contribution in [0.2, 0.25) is 0 Å². The van der Waals surface area contributed by atoms with E-state index in [4.69, 9.17) is 4.74 Å². The first-order valence-electron chi connectivity index (χ1n) is 6.65. The van der Waals surface area contributed by atoms with E-state index in [1.54, 1.807) is 7.11 Å². The quantitative estimate of drug-likeness (QED) is 0.912. The molecule has 0 heterocycles. The molecule has 0 bridgehead atoms. The number of benzene rings is 2. The Labute approximate surface area is 113 Å². The summed E-state index contributed by atoms with van der Waals surface area (Å²) >= 11 is 0. The first-order valence-corrected chi connectivity index (χ1v) is 6.65. The van der Waals surface area contributed by atoms with Gasteiger partial charge in [0.05, 0.1) is 12.7 Å². The van der Waals surface area contributed by atoms with Crippen LogP contribution in [-0.4, -0.2) is 12.2 Å². The molecule has 3 rings (SSSR count). The van der Waals surface area contributed by atoms with Crippen LogP contribution >= 0.6 is 0 Å². The molecule has 0 fully saturated rings. The van der Waals surface area contributed by atoms with Gasteiger partial charge in [-0.05, 0) is 41.7 Å². The van der Waals surface area contributed by atoms with Crippen LogP contribution in [0.3, 0.4) is 0 Å². The molecule has 1 unspecified atom stereocenters. The lowest BCUT2D eigenvalue weighted by molar-refractivity contribution is 0.0389. The van der Waals surface area contributed by atoms with Gasteiger partial charge in [-0.15, -0.1) is 0 Å². The van der Waals surface area contributed by atoms with Crippen LogP contribution in [0.1, 0.15) is 23.1 Å². The monoisotopic (exact) mass is 254 g/mol. The summed E-state index contributed by atoms with van der Waals surface area (Å²) in [5.74, 6) is 0.840. The van der Waals surface area contributed by atoms with Crippen LogP contribution in [0.25, 0.3) is 0 Å². The van der Waals surface area contributed by atoms with Crippen molar-refractivity contribution in [3.63, 3.8) is 0 Å². The van der Waals surface area contributed by atoms with Gasteiger partial charge in [0.15, 0.2) is 0 Å². The van der Waals surface area contributed by atoms with Gasteiger partial charge in [-0.3, -0.25) is 0 Å². The number of ether oxygens (including phenoxy) is 1. The largest absolute Gasteiger partial charge is 0.497 e. The zero-order chi connectivity index (χ0) is 13.3. The number of fused-ring (bicyclic) bond motifs is 1. The molecule has 0 radical (unpaired) electrons. The molecule has 2 aromatic rings. The first-order chi connectivity index (χ1) is 9.21. The Balaban J connectivity index is 1.91. The van der Waals surface area contributed by atoms with Crippen LogP contribution in [0, 0.1) is 0 Å². The van der Waals surface area contributed by atoms with Crippen molar-refractivity contribution >= 4 is 0 Å². The predicted octanol–water partition coefficient (Wildman–Crippen LogP) is 3.07. The highest BCUT2D eigenvalue weighted by atomic mass is 16.5. The molecule has 0 saturated heterocycles. The van der Waals surface area contributed by atoms with Crippen molar-refractivity contribution in [3.05, 3.63) is 65.2 Å². The van der Waals surface area contributed by atoms with Crippen LogP contribution in [0.4, 0.5) is 0 Å². The standard InChI is InChI=1S/C17H18O2/c1-19-15-7-4-5-13(11-15)12-17(18)10-9-14-6-2-3-8-16(14)17/h2-8,11,18H,9-10,12H2,1H3. The Morgan fingerprint density at radius 3 is 2.84 bits per heavy atom. The second-order valence-electron chi connectivity index (χ2n) is 5.22. The van der Waals surface area contributed by atoms with E-state index in [0.717, 1.165) is 29.7 Å². The summed E-state index contributed by atoms with van der Waals surface area (Å²) in [4.78, 5) is 0. The molecule has 0 aromatic heterocycles. The number of rotatable bonds is 3. The molecule has 2 aromatic carbocycles. The molecule has 1 aliphatic rings. The Morgan fingerprint density at radius 1 is 1.16 bits per heavy atom. The summed E-state index contributed by atoms with van der Waals surface area (Å²) < 4.78 is 5.24. The predicted molar refractivity (Wildman–Crippen MR) is 75.4 cm³/mol. The van der Waals surface area contributed by atoms with Gasteiger partial charge in [-0.2, -0.15) is 0 Å². The molecule has 1 N–H and O–H groups in total. The summed E-state index contributed by atoms with van der Waals surface area (Å²) in [5.41, 5.74) is 2.73. The molecule has 0 amide bonds. The highest BCUT2D eigenvalue weighted by Crippen LogP contribution is 2.39. The molecule has 2 nitrogen and oxygen atoms in total. The van der Waals surface area contributed by atoms with Crippen LogP contribution in [0.5, 0.6) is 5.75 Å². The minimum absolute atomic E-state index is 0.640. The molecule has 19 heavy (non-hydrogen) atoms. The first kappa shape index (κ1) is 12.2. The maximum atomic E-state index is 10.9. The lowest BCUT2D eigenvalue weighted by atomic mass is 9.89. The second kappa shape index (κ2) is 4.71. The van der Waals surface area contributed by atoms with Crippen molar-refractivity contribution in [1.29, 1.82) is 0 Å². The highest BCUT2D eigenvalue weighted by Gasteiger charge is 2.36. The van der Waals surface area contributed by atoms with E-state index in [1.165, 1.54) is 5.56 Å².